The molecular weight excluding hydrogens is 268 g/mol. The Morgan fingerprint density at radius 3 is 2.67 bits per heavy atom. The lowest BCUT2D eigenvalue weighted by molar-refractivity contribution is -0.158. The highest BCUT2D eigenvalue weighted by Crippen LogP contribution is 2.26. The fraction of sp³-hybridized carbons (Fsp3) is 0.875. The Kier molecular flexibility index (Phi) is 4.91. The van der Waals surface area contributed by atoms with Gasteiger partial charge < -0.3 is 15.0 Å². The second kappa shape index (κ2) is 6.34. The molecule has 2 aliphatic heterocycles. The Morgan fingerprint density at radius 1 is 1.38 bits per heavy atom. The first-order valence-electron chi connectivity index (χ1n) is 8.11. The zero-order valence-corrected chi connectivity index (χ0v) is 13.6. The van der Waals surface area contributed by atoms with Crippen LogP contribution >= 0.6 is 0 Å². The predicted octanol–water partition coefficient (Wildman–Crippen LogP) is 1.71. The van der Waals surface area contributed by atoms with Crippen molar-refractivity contribution in [1.82, 2.24) is 10.2 Å². The summed E-state index contributed by atoms with van der Waals surface area (Å²) in [5.74, 6) is 0.111. The molecule has 0 aliphatic carbocycles. The van der Waals surface area contributed by atoms with Crippen molar-refractivity contribution in [2.24, 2.45) is 5.92 Å². The van der Waals surface area contributed by atoms with E-state index < -0.39 is 5.54 Å². The number of carbonyl (C=O) groups is 2. The van der Waals surface area contributed by atoms with Crippen LogP contribution in [-0.2, 0) is 14.3 Å². The van der Waals surface area contributed by atoms with Crippen molar-refractivity contribution in [2.75, 3.05) is 13.2 Å². The van der Waals surface area contributed by atoms with Crippen molar-refractivity contribution in [3.05, 3.63) is 0 Å². The van der Waals surface area contributed by atoms with Crippen LogP contribution in [0.1, 0.15) is 53.4 Å². The highest BCUT2D eigenvalue weighted by Gasteiger charge is 2.47. The number of hydrogen-bond donors (Lipinski definition) is 1. The minimum absolute atomic E-state index is 0.00146. The molecule has 0 radical (unpaired) electrons. The van der Waals surface area contributed by atoms with Crippen LogP contribution in [0.2, 0.25) is 0 Å². The zero-order valence-electron chi connectivity index (χ0n) is 13.6. The molecule has 2 rings (SSSR count). The normalized spacial score (nSPS) is 31.0. The third-order valence-corrected chi connectivity index (χ3v) is 4.69. The Morgan fingerprint density at radius 2 is 2.10 bits per heavy atom. The van der Waals surface area contributed by atoms with Crippen molar-refractivity contribution < 1.29 is 14.3 Å². The largest absolute Gasteiger partial charge is 0.376 e. The molecule has 0 aromatic carbocycles. The molecule has 0 spiro atoms. The van der Waals surface area contributed by atoms with E-state index in [-0.39, 0.29) is 29.9 Å². The second-order valence-corrected chi connectivity index (χ2v) is 6.89. The molecule has 0 aromatic heterocycles. The molecule has 3 unspecified atom stereocenters. The number of hydrogen-bond acceptors (Lipinski definition) is 3. The van der Waals surface area contributed by atoms with Crippen LogP contribution in [0.25, 0.3) is 0 Å². The lowest BCUT2D eigenvalue weighted by Gasteiger charge is -2.46. The summed E-state index contributed by atoms with van der Waals surface area (Å²) in [6.07, 6.45) is 4.13. The van der Waals surface area contributed by atoms with Crippen molar-refractivity contribution in [3.8, 4) is 0 Å². The lowest BCUT2D eigenvalue weighted by Crippen LogP contribution is -2.70. The SMILES string of the molecule is CCC(C)C1C(=O)NC(C)(C)C(=O)N1CC1CCCCO1. The van der Waals surface area contributed by atoms with Gasteiger partial charge >= 0.3 is 0 Å². The van der Waals surface area contributed by atoms with Gasteiger partial charge in [-0.15, -0.1) is 0 Å². The Labute approximate surface area is 127 Å². The van der Waals surface area contributed by atoms with Crippen molar-refractivity contribution in [1.29, 1.82) is 0 Å². The van der Waals surface area contributed by atoms with Gasteiger partial charge in [0, 0.05) is 13.2 Å². The van der Waals surface area contributed by atoms with Gasteiger partial charge in [0.25, 0.3) is 0 Å². The van der Waals surface area contributed by atoms with Crippen LogP contribution in [-0.4, -0.2) is 47.6 Å². The second-order valence-electron chi connectivity index (χ2n) is 6.89. The monoisotopic (exact) mass is 296 g/mol. The maximum atomic E-state index is 12.8. The molecule has 3 atom stereocenters. The molecule has 2 aliphatic rings. The summed E-state index contributed by atoms with van der Waals surface area (Å²) in [5, 5.41) is 2.87. The van der Waals surface area contributed by atoms with E-state index in [1.54, 1.807) is 18.7 Å². The van der Waals surface area contributed by atoms with Crippen LogP contribution in [0.5, 0.6) is 0 Å². The smallest absolute Gasteiger partial charge is 0.248 e. The van der Waals surface area contributed by atoms with Gasteiger partial charge in [0.1, 0.15) is 11.6 Å². The molecule has 2 heterocycles. The van der Waals surface area contributed by atoms with Gasteiger partial charge in [-0.25, -0.2) is 0 Å². The maximum Gasteiger partial charge on any atom is 0.248 e. The van der Waals surface area contributed by atoms with E-state index in [0.29, 0.717) is 6.54 Å². The Bertz CT molecular complexity index is 402. The Balaban J connectivity index is 2.20. The summed E-state index contributed by atoms with van der Waals surface area (Å²) >= 11 is 0. The zero-order chi connectivity index (χ0) is 15.6. The first-order valence-corrected chi connectivity index (χ1v) is 8.11. The molecule has 5 nitrogen and oxygen atoms in total. The van der Waals surface area contributed by atoms with Gasteiger partial charge in [-0.05, 0) is 39.0 Å². The van der Waals surface area contributed by atoms with E-state index in [1.807, 2.05) is 6.92 Å². The third-order valence-electron chi connectivity index (χ3n) is 4.69. The van der Waals surface area contributed by atoms with Gasteiger partial charge in [-0.2, -0.15) is 0 Å². The molecule has 2 fully saturated rings. The number of rotatable bonds is 4. The van der Waals surface area contributed by atoms with E-state index in [9.17, 15) is 9.59 Å². The average Bonchev–Trinajstić information content (AvgIpc) is 2.44. The standard InChI is InChI=1S/C16H28N2O3/c1-5-11(2)13-14(19)17-16(3,4)15(20)18(13)10-12-8-6-7-9-21-12/h11-13H,5-10H2,1-4H3,(H,17,19). The fourth-order valence-electron chi connectivity index (χ4n) is 3.22. The number of nitrogens with zero attached hydrogens (tertiary/aromatic N) is 1. The van der Waals surface area contributed by atoms with Crippen LogP contribution in [0.4, 0.5) is 0 Å². The van der Waals surface area contributed by atoms with Crippen LogP contribution in [0.15, 0.2) is 0 Å². The lowest BCUT2D eigenvalue weighted by atomic mass is 9.89. The average molecular weight is 296 g/mol. The summed E-state index contributed by atoms with van der Waals surface area (Å²) in [5.41, 5.74) is -0.824. The van der Waals surface area contributed by atoms with E-state index >= 15 is 0 Å². The van der Waals surface area contributed by atoms with Crippen LogP contribution in [0.3, 0.4) is 0 Å². The Hall–Kier alpha value is -1.10. The highest BCUT2D eigenvalue weighted by atomic mass is 16.5. The molecular formula is C16H28N2O3. The van der Waals surface area contributed by atoms with E-state index in [4.69, 9.17) is 4.74 Å². The highest BCUT2D eigenvalue weighted by molar-refractivity contribution is 5.99. The topological polar surface area (TPSA) is 58.6 Å². The molecule has 21 heavy (non-hydrogen) atoms. The minimum Gasteiger partial charge on any atom is -0.376 e. The van der Waals surface area contributed by atoms with E-state index in [2.05, 4.69) is 12.2 Å². The molecule has 1 N–H and O–H groups in total. The first kappa shape index (κ1) is 16.3. The summed E-state index contributed by atoms with van der Waals surface area (Å²) in [7, 11) is 0. The third kappa shape index (κ3) is 3.39. The first-order chi connectivity index (χ1) is 9.86. The van der Waals surface area contributed by atoms with Gasteiger partial charge in [0.05, 0.1) is 6.10 Å². The number of amides is 2. The molecule has 120 valence electrons. The molecule has 2 amide bonds. The van der Waals surface area contributed by atoms with Crippen molar-refractivity contribution >= 4 is 11.8 Å². The fourth-order valence-corrected chi connectivity index (χ4v) is 3.22. The molecule has 0 aromatic rings. The number of nitrogens with one attached hydrogen (secondary N) is 1. The molecule has 0 saturated carbocycles. The number of ether oxygens (including phenoxy) is 1. The van der Waals surface area contributed by atoms with Gasteiger partial charge in [-0.3, -0.25) is 9.59 Å². The van der Waals surface area contributed by atoms with E-state index in [1.165, 1.54) is 0 Å². The molecule has 2 saturated heterocycles. The predicted molar refractivity (Wildman–Crippen MR) is 80.8 cm³/mol. The minimum atomic E-state index is -0.824. The van der Waals surface area contributed by atoms with Crippen LogP contribution < -0.4 is 5.32 Å². The van der Waals surface area contributed by atoms with Crippen LogP contribution in [0, 0.1) is 5.92 Å². The summed E-state index contributed by atoms with van der Waals surface area (Å²) in [6.45, 7) is 8.92. The number of piperazine rings is 1. The number of carbonyl (C=O) groups excluding carboxylic acids is 2. The summed E-state index contributed by atoms with van der Waals surface area (Å²) in [4.78, 5) is 27.0. The molecule has 5 heteroatoms. The van der Waals surface area contributed by atoms with Crippen molar-refractivity contribution in [3.63, 3.8) is 0 Å². The molecule has 0 bridgehead atoms. The summed E-state index contributed by atoms with van der Waals surface area (Å²) in [6, 6.07) is -0.374. The summed E-state index contributed by atoms with van der Waals surface area (Å²) < 4.78 is 5.77. The quantitative estimate of drug-likeness (QED) is 0.859. The van der Waals surface area contributed by atoms with Crippen molar-refractivity contribution in [2.45, 2.75) is 71.1 Å². The van der Waals surface area contributed by atoms with Gasteiger partial charge in [-0.1, -0.05) is 20.3 Å². The maximum absolute atomic E-state index is 12.8. The van der Waals surface area contributed by atoms with E-state index in [0.717, 1.165) is 32.3 Å². The van der Waals surface area contributed by atoms with Gasteiger partial charge in [0.15, 0.2) is 0 Å². The van der Waals surface area contributed by atoms with Gasteiger partial charge in [0.2, 0.25) is 11.8 Å².